The number of carbonyl (C=O) groups is 1. The molecule has 4 heteroatoms. The first kappa shape index (κ1) is 14.3. The molecule has 98 valence electrons. The molecule has 1 aromatic rings. The average molecular weight is 250 g/mol. The normalized spacial score (nSPS) is 11.7. The van der Waals surface area contributed by atoms with E-state index in [1.807, 2.05) is 18.2 Å². The smallest absolute Gasteiger partial charge is 0.335 e. The quantitative estimate of drug-likeness (QED) is 0.785. The molecule has 0 aliphatic rings. The molecule has 0 fully saturated rings. The maximum atomic E-state index is 11.3. The Hall–Kier alpha value is -1.81. The van der Waals surface area contributed by atoms with E-state index in [1.54, 1.807) is 20.1 Å². The molecule has 0 aliphatic carbocycles. The number of aliphatic hydroxyl groups excluding tert-OH is 1. The number of aliphatic hydroxyl groups is 1. The van der Waals surface area contributed by atoms with Gasteiger partial charge in [-0.2, -0.15) is 0 Å². The Balaban J connectivity index is 2.67. The Morgan fingerprint density at radius 2 is 2.22 bits per heavy atom. The van der Waals surface area contributed by atoms with Crippen LogP contribution in [0.25, 0.3) is 5.57 Å². The molecule has 0 amide bonds. The van der Waals surface area contributed by atoms with Crippen molar-refractivity contribution in [2.24, 2.45) is 0 Å². The van der Waals surface area contributed by atoms with E-state index in [0.29, 0.717) is 11.3 Å². The number of hydrogen-bond acceptors (Lipinski definition) is 4. The lowest BCUT2D eigenvalue weighted by Crippen LogP contribution is -2.23. The molecule has 0 aromatic heterocycles. The lowest BCUT2D eigenvalue weighted by molar-refractivity contribution is -0.152. The molecular weight excluding hydrogens is 232 g/mol. The van der Waals surface area contributed by atoms with Gasteiger partial charge in [-0.3, -0.25) is 0 Å². The first-order valence-electron chi connectivity index (χ1n) is 5.75. The SMILES string of the molecule is C=C(C[C@@H](O)C(=O)OCC)c1cccc(OC)c1. The van der Waals surface area contributed by atoms with Crippen LogP contribution >= 0.6 is 0 Å². The number of ether oxygens (including phenoxy) is 2. The monoisotopic (exact) mass is 250 g/mol. The summed E-state index contributed by atoms with van der Waals surface area (Å²) in [5, 5.41) is 9.64. The topological polar surface area (TPSA) is 55.8 Å². The zero-order chi connectivity index (χ0) is 13.5. The predicted molar refractivity (Wildman–Crippen MR) is 69.3 cm³/mol. The van der Waals surface area contributed by atoms with Crippen LogP contribution in [0.2, 0.25) is 0 Å². The molecule has 1 atom stereocenters. The van der Waals surface area contributed by atoms with E-state index in [1.165, 1.54) is 0 Å². The van der Waals surface area contributed by atoms with Crippen LogP contribution in [0.5, 0.6) is 5.75 Å². The number of esters is 1. The molecule has 0 spiro atoms. The van der Waals surface area contributed by atoms with Crippen LogP contribution in [0.15, 0.2) is 30.8 Å². The fraction of sp³-hybridized carbons (Fsp3) is 0.357. The summed E-state index contributed by atoms with van der Waals surface area (Å²) >= 11 is 0. The van der Waals surface area contributed by atoms with Crippen LogP contribution in [-0.2, 0) is 9.53 Å². The van der Waals surface area contributed by atoms with Crippen LogP contribution in [-0.4, -0.2) is 30.9 Å². The minimum Gasteiger partial charge on any atom is -0.497 e. The van der Waals surface area contributed by atoms with Crippen LogP contribution in [0.3, 0.4) is 0 Å². The van der Waals surface area contributed by atoms with Gasteiger partial charge in [0.1, 0.15) is 5.75 Å². The van der Waals surface area contributed by atoms with Gasteiger partial charge in [0.25, 0.3) is 0 Å². The molecular formula is C14H18O4. The van der Waals surface area contributed by atoms with Gasteiger partial charge in [0.05, 0.1) is 13.7 Å². The van der Waals surface area contributed by atoms with Crippen LogP contribution in [0.4, 0.5) is 0 Å². The lowest BCUT2D eigenvalue weighted by atomic mass is 10.0. The van der Waals surface area contributed by atoms with E-state index in [-0.39, 0.29) is 13.0 Å². The van der Waals surface area contributed by atoms with Crippen molar-refractivity contribution in [1.29, 1.82) is 0 Å². The van der Waals surface area contributed by atoms with Crippen molar-refractivity contribution >= 4 is 11.5 Å². The first-order chi connectivity index (χ1) is 8.58. The summed E-state index contributed by atoms with van der Waals surface area (Å²) in [5.41, 5.74) is 1.49. The Morgan fingerprint density at radius 1 is 1.50 bits per heavy atom. The Labute approximate surface area is 107 Å². The van der Waals surface area contributed by atoms with Gasteiger partial charge < -0.3 is 14.6 Å². The van der Waals surface area contributed by atoms with Gasteiger partial charge >= 0.3 is 5.97 Å². The fourth-order valence-electron chi connectivity index (χ4n) is 1.52. The molecule has 1 aromatic carbocycles. The standard InChI is InChI=1S/C14H18O4/c1-4-18-14(16)13(15)8-10(2)11-6-5-7-12(9-11)17-3/h5-7,9,13,15H,2,4,8H2,1,3H3/t13-/m1/s1. The highest BCUT2D eigenvalue weighted by Gasteiger charge is 2.17. The second-order valence-corrected chi connectivity index (χ2v) is 3.81. The predicted octanol–water partition coefficient (Wildman–Crippen LogP) is 2.02. The molecule has 0 radical (unpaired) electrons. The number of benzene rings is 1. The Kier molecular flexibility index (Phi) is 5.39. The van der Waals surface area contributed by atoms with E-state index in [9.17, 15) is 9.90 Å². The van der Waals surface area contributed by atoms with E-state index in [0.717, 1.165) is 5.56 Å². The Bertz CT molecular complexity index is 426. The van der Waals surface area contributed by atoms with Crippen molar-refractivity contribution < 1.29 is 19.4 Å². The number of hydrogen-bond donors (Lipinski definition) is 1. The summed E-state index contributed by atoms with van der Waals surface area (Å²) < 4.78 is 9.83. The van der Waals surface area contributed by atoms with Crippen LogP contribution in [0, 0.1) is 0 Å². The van der Waals surface area contributed by atoms with Crippen molar-refractivity contribution in [1.82, 2.24) is 0 Å². The molecule has 18 heavy (non-hydrogen) atoms. The highest BCUT2D eigenvalue weighted by molar-refractivity contribution is 5.78. The minimum atomic E-state index is -1.18. The second-order valence-electron chi connectivity index (χ2n) is 3.81. The summed E-state index contributed by atoms with van der Waals surface area (Å²) in [6.07, 6.45) is -1.03. The third-order valence-corrected chi connectivity index (χ3v) is 2.48. The summed E-state index contributed by atoms with van der Waals surface area (Å²) in [6.45, 7) is 5.81. The number of rotatable bonds is 6. The number of methoxy groups -OCH3 is 1. The average Bonchev–Trinajstić information content (AvgIpc) is 2.39. The van der Waals surface area contributed by atoms with Crippen LogP contribution in [0.1, 0.15) is 18.9 Å². The largest absolute Gasteiger partial charge is 0.497 e. The third-order valence-electron chi connectivity index (χ3n) is 2.48. The molecule has 0 bridgehead atoms. The van der Waals surface area contributed by atoms with Gasteiger partial charge in [0, 0.05) is 6.42 Å². The van der Waals surface area contributed by atoms with Gasteiger partial charge in [-0.25, -0.2) is 4.79 Å². The molecule has 4 nitrogen and oxygen atoms in total. The summed E-state index contributed by atoms with van der Waals surface area (Å²) in [6, 6.07) is 7.30. The summed E-state index contributed by atoms with van der Waals surface area (Å²) in [5.74, 6) is 0.0841. The number of carbonyl (C=O) groups excluding carboxylic acids is 1. The highest BCUT2D eigenvalue weighted by atomic mass is 16.5. The summed E-state index contributed by atoms with van der Waals surface area (Å²) in [4.78, 5) is 11.3. The van der Waals surface area contributed by atoms with Crippen molar-refractivity contribution in [3.05, 3.63) is 36.4 Å². The van der Waals surface area contributed by atoms with Crippen molar-refractivity contribution in [2.75, 3.05) is 13.7 Å². The maximum absolute atomic E-state index is 11.3. The Morgan fingerprint density at radius 3 is 2.83 bits per heavy atom. The van der Waals surface area contributed by atoms with Gasteiger partial charge in [-0.05, 0) is 30.2 Å². The van der Waals surface area contributed by atoms with Crippen molar-refractivity contribution in [3.63, 3.8) is 0 Å². The van der Waals surface area contributed by atoms with Gasteiger partial charge in [0.2, 0.25) is 0 Å². The molecule has 1 N–H and O–H groups in total. The third kappa shape index (κ3) is 3.89. The van der Waals surface area contributed by atoms with Gasteiger partial charge in [0.15, 0.2) is 6.10 Å². The minimum absolute atomic E-state index is 0.145. The zero-order valence-electron chi connectivity index (χ0n) is 10.7. The molecule has 0 aliphatic heterocycles. The van der Waals surface area contributed by atoms with E-state index in [2.05, 4.69) is 6.58 Å². The fourth-order valence-corrected chi connectivity index (χ4v) is 1.52. The molecule has 0 unspecified atom stereocenters. The second kappa shape index (κ2) is 6.81. The van der Waals surface area contributed by atoms with Gasteiger partial charge in [-0.1, -0.05) is 18.7 Å². The van der Waals surface area contributed by atoms with Crippen LogP contribution < -0.4 is 4.74 Å². The lowest BCUT2D eigenvalue weighted by Gasteiger charge is -2.12. The van der Waals surface area contributed by atoms with E-state index < -0.39 is 12.1 Å². The molecule has 0 heterocycles. The molecule has 0 saturated heterocycles. The first-order valence-corrected chi connectivity index (χ1v) is 5.75. The van der Waals surface area contributed by atoms with E-state index in [4.69, 9.17) is 9.47 Å². The molecule has 0 saturated carbocycles. The molecule has 1 rings (SSSR count). The maximum Gasteiger partial charge on any atom is 0.335 e. The van der Waals surface area contributed by atoms with Crippen molar-refractivity contribution in [3.8, 4) is 5.75 Å². The summed E-state index contributed by atoms with van der Waals surface area (Å²) in [7, 11) is 1.58. The van der Waals surface area contributed by atoms with Crippen molar-refractivity contribution in [2.45, 2.75) is 19.4 Å². The highest BCUT2D eigenvalue weighted by Crippen LogP contribution is 2.22. The zero-order valence-corrected chi connectivity index (χ0v) is 10.7. The van der Waals surface area contributed by atoms with E-state index >= 15 is 0 Å². The van der Waals surface area contributed by atoms with Gasteiger partial charge in [-0.15, -0.1) is 0 Å².